The molecule has 9 rings (SSSR count). The molecule has 9 atom stereocenters. The second-order valence-electron chi connectivity index (χ2n) is 25.8. The predicted octanol–water partition coefficient (Wildman–Crippen LogP) is 8.70. The van der Waals surface area contributed by atoms with Crippen molar-refractivity contribution in [1.29, 1.82) is 0 Å². The Morgan fingerprint density at radius 1 is 0.679 bits per heavy atom. The maximum Gasteiger partial charge on any atom is 0.257 e. The third-order valence-electron chi connectivity index (χ3n) is 17.8. The second-order valence-corrected chi connectivity index (χ2v) is 26.8. The minimum absolute atomic E-state index is 0.00879. The van der Waals surface area contributed by atoms with E-state index < -0.39 is 58.8 Å². The lowest BCUT2D eigenvalue weighted by molar-refractivity contribution is -0.147. The second kappa shape index (κ2) is 25.5. The highest BCUT2D eigenvalue weighted by Crippen LogP contribution is 2.37. The van der Waals surface area contributed by atoms with Crippen molar-refractivity contribution >= 4 is 73.8 Å². The van der Waals surface area contributed by atoms with Gasteiger partial charge in [-0.3, -0.25) is 43.7 Å². The summed E-state index contributed by atoms with van der Waals surface area (Å²) in [7, 11) is 1.70. The number of aromatic nitrogens is 1. The highest BCUT2D eigenvalue weighted by Gasteiger charge is 2.47. The lowest BCUT2D eigenvalue weighted by Crippen LogP contribution is -2.61. The molecule has 7 amide bonds. The quantitative estimate of drug-likeness (QED) is 0.0519. The van der Waals surface area contributed by atoms with Gasteiger partial charge in [-0.05, 0) is 140 Å². The number of fused-ring (bicyclic) bond motifs is 4. The van der Waals surface area contributed by atoms with Crippen LogP contribution >= 0.6 is 11.3 Å². The summed E-state index contributed by atoms with van der Waals surface area (Å²) in [6.07, 6.45) is 6.15. The molecule has 5 aromatic rings. The number of rotatable bonds is 17. The minimum Gasteiger partial charge on any atom is -0.347 e. The summed E-state index contributed by atoms with van der Waals surface area (Å²) >= 11 is 1.24. The molecule has 446 valence electrons. The fraction of sp³-hybridized carbons (Fsp3) is 0.500. The van der Waals surface area contributed by atoms with E-state index in [4.69, 9.17) is 4.98 Å². The van der Waals surface area contributed by atoms with E-state index >= 15 is 0 Å². The maximum atomic E-state index is 15.0. The first-order valence-corrected chi connectivity index (χ1v) is 30.8. The smallest absolute Gasteiger partial charge is 0.257 e. The maximum absolute atomic E-state index is 15.0. The Morgan fingerprint density at radius 3 is 1.89 bits per heavy atom. The van der Waals surface area contributed by atoms with E-state index in [1.54, 1.807) is 54.1 Å². The first-order valence-electron chi connectivity index (χ1n) is 29.9. The predicted molar refractivity (Wildman–Crippen MR) is 326 cm³/mol. The highest BCUT2D eigenvalue weighted by atomic mass is 32.1. The van der Waals surface area contributed by atoms with E-state index in [1.807, 2.05) is 97.9 Å². The number of thiazole rings is 1. The van der Waals surface area contributed by atoms with Crippen molar-refractivity contribution in [3.8, 4) is 0 Å². The van der Waals surface area contributed by atoms with Crippen LogP contribution in [0.4, 0.5) is 5.13 Å². The van der Waals surface area contributed by atoms with Gasteiger partial charge in [-0.25, -0.2) is 4.98 Å². The average molecular weight is 1160 g/mol. The Hall–Kier alpha value is -7.31. The number of amides is 7. The van der Waals surface area contributed by atoms with Crippen molar-refractivity contribution in [2.24, 2.45) is 22.7 Å². The first kappa shape index (κ1) is 61.3. The number of likely N-dealkylation sites (tertiary alicyclic amines) is 1. The number of hydrogen-bond donors (Lipinski definition) is 6. The summed E-state index contributed by atoms with van der Waals surface area (Å²) in [5.41, 5.74) is 5.80. The zero-order valence-electron chi connectivity index (χ0n) is 50.3. The van der Waals surface area contributed by atoms with Crippen molar-refractivity contribution in [1.82, 2.24) is 41.4 Å². The summed E-state index contributed by atoms with van der Waals surface area (Å²) < 4.78 is 0.713. The van der Waals surface area contributed by atoms with E-state index in [2.05, 4.69) is 44.0 Å². The molecule has 1 fully saturated rings. The number of ketones is 1. The van der Waals surface area contributed by atoms with Gasteiger partial charge in [0.15, 0.2) is 5.13 Å². The van der Waals surface area contributed by atoms with Gasteiger partial charge in [0.2, 0.25) is 29.5 Å². The van der Waals surface area contributed by atoms with Crippen molar-refractivity contribution in [3.63, 3.8) is 0 Å². The van der Waals surface area contributed by atoms with Gasteiger partial charge in [0.1, 0.15) is 23.9 Å². The number of carbonyl (C=O) groups excluding carboxylic acids is 8. The van der Waals surface area contributed by atoms with Gasteiger partial charge < -0.3 is 36.4 Å². The number of nitrogens with zero attached hydrogens (tertiary/aromatic N) is 3. The third-order valence-corrected chi connectivity index (χ3v) is 18.7. The lowest BCUT2D eigenvalue weighted by atomic mass is 9.76. The SMILES string of the molecule is CC[C@@H](C)C(=O)N[C@H](C(=O)N1Cc2cc(C(=O)Nc3nc4cc(C(=O)N[C@H]5C[C@@H](C(=O)NC6CCCc7ccccc76)N(C(=O)[C@@H](CC(=O)[C@H](C)NC)C(C)(C)C)C5)ccc4s3)ccc2C[C@H]1C(=O)NC1CCCc2ccccc21)C(C)(C)C. The Labute approximate surface area is 497 Å². The van der Waals surface area contributed by atoms with Crippen LogP contribution < -0.4 is 31.9 Å². The monoisotopic (exact) mass is 1160 g/mol. The third kappa shape index (κ3) is 13.6. The molecule has 0 radical (unpaired) electrons. The summed E-state index contributed by atoms with van der Waals surface area (Å²) in [6, 6.07) is 22.3. The molecule has 2 unspecified atom stereocenters. The standard InChI is InChI=1S/C66H83N9O8S/c1-11-37(2)57(77)72-56(66(7,8)9)63(83)74-35-44-30-42(27-26-41(44)32-52(74)60(80)69-49-24-16-20-39-18-12-14-22-46(39)49)59(79)73-64-71-51-31-43(28-29-55(51)84-64)58(78)68-45-33-53(61(81)70-50-25-17-21-40-19-13-15-23-47(40)50)75(36-45)62(82)48(65(4,5)6)34-54(76)38(3)67-10/h12-15,18-19,22-23,26-31,37-38,45,48-50,52-53,56,67H,11,16-17,20-21,24-25,32-36H2,1-10H3,(H,68,78)(H,69,80)(H,70,81)(H,72,77)(H,71,73,79)/t37-,38+,45+,48-,49?,50?,52+,53+,56-/m1/s1. The Balaban J connectivity index is 0.913. The minimum atomic E-state index is -0.939. The number of carbonyl (C=O) groups is 8. The van der Waals surface area contributed by atoms with Crippen LogP contribution in [0.2, 0.25) is 0 Å². The number of benzene rings is 4. The van der Waals surface area contributed by atoms with Gasteiger partial charge >= 0.3 is 0 Å². The van der Waals surface area contributed by atoms with Crippen molar-refractivity contribution in [2.75, 3.05) is 18.9 Å². The van der Waals surface area contributed by atoms with Crippen LogP contribution in [0.3, 0.4) is 0 Å². The Kier molecular flexibility index (Phi) is 18.6. The number of nitrogens with one attached hydrogen (secondary N) is 6. The molecule has 6 N–H and O–H groups in total. The van der Waals surface area contributed by atoms with Gasteiger partial charge in [0.25, 0.3) is 11.8 Å². The summed E-state index contributed by atoms with van der Waals surface area (Å²) in [6.45, 7) is 17.0. The molecule has 1 saturated heterocycles. The van der Waals surface area contributed by atoms with Gasteiger partial charge in [-0.1, -0.05) is 121 Å². The molecular weight excluding hydrogens is 1080 g/mol. The fourth-order valence-electron chi connectivity index (χ4n) is 12.3. The zero-order valence-corrected chi connectivity index (χ0v) is 51.1. The average Bonchev–Trinajstić information content (AvgIpc) is 4.22. The van der Waals surface area contributed by atoms with Gasteiger partial charge in [-0.2, -0.15) is 0 Å². The number of hydrogen-bond acceptors (Lipinski definition) is 11. The van der Waals surface area contributed by atoms with E-state index in [0.29, 0.717) is 38.5 Å². The van der Waals surface area contributed by atoms with Crippen LogP contribution in [0.15, 0.2) is 84.9 Å². The number of likely N-dealkylation sites (N-methyl/N-ethyl adjacent to an activating group) is 1. The van der Waals surface area contributed by atoms with Gasteiger partial charge in [0, 0.05) is 54.9 Å². The topological polar surface area (TPSA) is 228 Å². The molecule has 4 aliphatic rings. The number of aryl methyl sites for hydroxylation is 2. The molecule has 2 aliphatic carbocycles. The van der Waals surface area contributed by atoms with Crippen molar-refractivity contribution in [2.45, 2.75) is 175 Å². The molecule has 17 nitrogen and oxygen atoms in total. The normalized spacial score (nSPS) is 20.9. The number of anilines is 1. The molecule has 84 heavy (non-hydrogen) atoms. The summed E-state index contributed by atoms with van der Waals surface area (Å²) in [5, 5.41) is 18.9. The molecule has 0 saturated carbocycles. The Bertz CT molecular complexity index is 3340. The van der Waals surface area contributed by atoms with Crippen molar-refractivity contribution in [3.05, 3.63) is 129 Å². The molecule has 1 aromatic heterocycles. The molecule has 0 bridgehead atoms. The van der Waals surface area contributed by atoms with Gasteiger partial charge in [0.05, 0.1) is 28.3 Å². The highest BCUT2D eigenvalue weighted by molar-refractivity contribution is 7.22. The van der Waals surface area contributed by atoms with Crippen LogP contribution in [0.25, 0.3) is 10.2 Å². The molecular formula is C66H83N9O8S. The largest absolute Gasteiger partial charge is 0.347 e. The summed E-state index contributed by atoms with van der Waals surface area (Å²) in [5.74, 6) is -3.55. The fourth-order valence-corrected chi connectivity index (χ4v) is 13.2. The van der Waals surface area contributed by atoms with E-state index in [1.165, 1.54) is 22.5 Å². The van der Waals surface area contributed by atoms with Crippen LogP contribution in [0.5, 0.6) is 0 Å². The van der Waals surface area contributed by atoms with E-state index in [0.717, 1.165) is 55.2 Å². The first-order chi connectivity index (χ1) is 39.9. The van der Waals surface area contributed by atoms with Crippen LogP contribution in [-0.2, 0) is 54.6 Å². The van der Waals surface area contributed by atoms with Crippen LogP contribution in [0.1, 0.15) is 173 Å². The zero-order chi connectivity index (χ0) is 60.4. The van der Waals surface area contributed by atoms with Gasteiger partial charge in [-0.15, -0.1) is 0 Å². The van der Waals surface area contributed by atoms with Crippen LogP contribution in [0, 0.1) is 22.7 Å². The molecule has 4 aromatic carbocycles. The van der Waals surface area contributed by atoms with Crippen LogP contribution in [-0.4, -0.2) is 106 Å². The lowest BCUT2D eigenvalue weighted by Gasteiger charge is -2.42. The summed E-state index contributed by atoms with van der Waals surface area (Å²) in [4.78, 5) is 122. The molecule has 18 heteroatoms. The molecule has 2 aliphatic heterocycles. The number of Topliss-reactive ketones (excluding diaryl/α,β-unsaturated/α-hetero) is 1. The Morgan fingerprint density at radius 2 is 1.29 bits per heavy atom. The molecule has 0 spiro atoms. The van der Waals surface area contributed by atoms with E-state index in [9.17, 15) is 38.4 Å². The van der Waals surface area contributed by atoms with Crippen molar-refractivity contribution < 1.29 is 38.4 Å². The molecule has 3 heterocycles. The van der Waals surface area contributed by atoms with E-state index in [-0.39, 0.29) is 85.7 Å².